The molecule has 170 valence electrons. The Labute approximate surface area is 194 Å². The summed E-state index contributed by atoms with van der Waals surface area (Å²) < 4.78 is 5.47. The summed E-state index contributed by atoms with van der Waals surface area (Å²) in [6, 6.07) is 20.4. The Kier molecular flexibility index (Phi) is 7.08. The molecule has 0 heterocycles. The number of carboxylic acids is 1. The number of nitrogens with one attached hydrogen (secondary N) is 1. The molecule has 2 N–H and O–H groups in total. The van der Waals surface area contributed by atoms with Crippen LogP contribution in [-0.2, 0) is 6.54 Å². The van der Waals surface area contributed by atoms with Crippen LogP contribution in [0.3, 0.4) is 0 Å². The zero-order valence-electron chi connectivity index (χ0n) is 18.8. The zero-order valence-corrected chi connectivity index (χ0v) is 18.8. The van der Waals surface area contributed by atoms with E-state index in [-0.39, 0.29) is 11.5 Å². The number of hydrogen-bond acceptors (Lipinski definition) is 3. The van der Waals surface area contributed by atoms with E-state index in [2.05, 4.69) is 17.4 Å². The molecule has 5 nitrogen and oxygen atoms in total. The second kappa shape index (κ2) is 10.3. The third-order valence-electron chi connectivity index (χ3n) is 6.41. The quantitative estimate of drug-likeness (QED) is 0.467. The maximum Gasteiger partial charge on any atom is 0.335 e. The molecule has 0 saturated heterocycles. The molecule has 0 aliphatic heterocycles. The van der Waals surface area contributed by atoms with Crippen molar-refractivity contribution in [1.29, 1.82) is 0 Å². The fraction of sp³-hybridized carbons (Fsp3) is 0.286. The van der Waals surface area contributed by atoms with Crippen LogP contribution >= 0.6 is 0 Å². The van der Waals surface area contributed by atoms with Gasteiger partial charge in [0.2, 0.25) is 0 Å². The highest BCUT2D eigenvalue weighted by molar-refractivity contribution is 5.94. The molecular weight excluding hydrogens is 414 g/mol. The lowest BCUT2D eigenvalue weighted by Crippen LogP contribution is -2.23. The molecule has 0 bridgehead atoms. The number of methoxy groups -OCH3 is 1. The number of benzene rings is 3. The van der Waals surface area contributed by atoms with Crippen LogP contribution in [0.4, 0.5) is 0 Å². The smallest absolute Gasteiger partial charge is 0.335 e. The topological polar surface area (TPSA) is 75.6 Å². The molecule has 1 amide bonds. The molecule has 33 heavy (non-hydrogen) atoms. The molecule has 0 radical (unpaired) electrons. The van der Waals surface area contributed by atoms with Crippen molar-refractivity contribution in [3.05, 3.63) is 89.0 Å². The van der Waals surface area contributed by atoms with Crippen LogP contribution in [0.25, 0.3) is 11.1 Å². The fourth-order valence-corrected chi connectivity index (χ4v) is 4.55. The van der Waals surface area contributed by atoms with Crippen LogP contribution in [0.2, 0.25) is 0 Å². The number of hydrogen-bond donors (Lipinski definition) is 2. The molecule has 0 atom stereocenters. The van der Waals surface area contributed by atoms with Gasteiger partial charge in [-0.2, -0.15) is 0 Å². The molecule has 0 spiro atoms. The highest BCUT2D eigenvalue weighted by atomic mass is 16.5. The lowest BCUT2D eigenvalue weighted by molar-refractivity contribution is 0.0696. The van der Waals surface area contributed by atoms with Crippen LogP contribution in [0.5, 0.6) is 5.75 Å². The van der Waals surface area contributed by atoms with E-state index in [0.29, 0.717) is 23.8 Å². The monoisotopic (exact) mass is 443 g/mol. The van der Waals surface area contributed by atoms with Crippen molar-refractivity contribution in [3.8, 4) is 16.9 Å². The van der Waals surface area contributed by atoms with Gasteiger partial charge in [-0.05, 0) is 71.8 Å². The minimum absolute atomic E-state index is 0.134. The number of aromatic carboxylic acids is 1. The Morgan fingerprint density at radius 2 is 1.64 bits per heavy atom. The summed E-state index contributed by atoms with van der Waals surface area (Å²) in [5.74, 6) is 0.182. The van der Waals surface area contributed by atoms with Crippen LogP contribution in [0, 0.1) is 0 Å². The fourth-order valence-electron chi connectivity index (χ4n) is 4.55. The average Bonchev–Trinajstić information content (AvgIpc) is 2.87. The molecule has 1 aliphatic rings. The Hall–Kier alpha value is -3.60. The molecule has 1 aliphatic carbocycles. The van der Waals surface area contributed by atoms with Crippen LogP contribution < -0.4 is 10.1 Å². The first-order valence-corrected chi connectivity index (χ1v) is 11.4. The summed E-state index contributed by atoms with van der Waals surface area (Å²) >= 11 is 0. The van der Waals surface area contributed by atoms with Gasteiger partial charge in [-0.3, -0.25) is 4.79 Å². The summed E-state index contributed by atoms with van der Waals surface area (Å²) in [7, 11) is 1.59. The number of ether oxygens (including phenoxy) is 1. The summed E-state index contributed by atoms with van der Waals surface area (Å²) in [4.78, 5) is 24.1. The largest absolute Gasteiger partial charge is 0.496 e. The van der Waals surface area contributed by atoms with Gasteiger partial charge < -0.3 is 15.2 Å². The minimum atomic E-state index is -0.965. The van der Waals surface area contributed by atoms with E-state index in [1.54, 1.807) is 25.3 Å². The van der Waals surface area contributed by atoms with Crippen molar-refractivity contribution in [2.24, 2.45) is 0 Å². The standard InChI is InChI=1S/C28H29NO4/c1-33-26-15-14-23(22-8-5-9-24(16-22)28(31)32)17-25(26)18-29-27(30)21-12-10-20(11-13-21)19-6-3-2-4-7-19/h5,8-17,19H,2-4,6-7,18H2,1H3,(H,29,30)(H,31,32). The summed E-state index contributed by atoms with van der Waals surface area (Å²) in [6.45, 7) is 0.304. The highest BCUT2D eigenvalue weighted by Crippen LogP contribution is 2.32. The summed E-state index contributed by atoms with van der Waals surface area (Å²) in [5, 5.41) is 12.3. The average molecular weight is 444 g/mol. The van der Waals surface area contributed by atoms with Gasteiger partial charge in [0.15, 0.2) is 0 Å². The van der Waals surface area contributed by atoms with Gasteiger partial charge in [-0.25, -0.2) is 4.79 Å². The van der Waals surface area contributed by atoms with Crippen LogP contribution in [0.1, 0.15) is 69.9 Å². The van der Waals surface area contributed by atoms with Gasteiger partial charge in [0, 0.05) is 17.7 Å². The van der Waals surface area contributed by atoms with Gasteiger partial charge in [0.25, 0.3) is 5.91 Å². The van der Waals surface area contributed by atoms with E-state index in [1.165, 1.54) is 37.7 Å². The third-order valence-corrected chi connectivity index (χ3v) is 6.41. The van der Waals surface area contributed by atoms with Crippen molar-refractivity contribution >= 4 is 11.9 Å². The Morgan fingerprint density at radius 1 is 0.909 bits per heavy atom. The van der Waals surface area contributed by atoms with Crippen molar-refractivity contribution in [3.63, 3.8) is 0 Å². The van der Waals surface area contributed by atoms with Gasteiger partial charge in [-0.15, -0.1) is 0 Å². The Balaban J connectivity index is 1.47. The summed E-state index contributed by atoms with van der Waals surface area (Å²) in [6.07, 6.45) is 6.36. The molecular formula is C28H29NO4. The normalized spacial score (nSPS) is 14.0. The minimum Gasteiger partial charge on any atom is -0.496 e. The molecule has 0 aromatic heterocycles. The maximum absolute atomic E-state index is 12.8. The highest BCUT2D eigenvalue weighted by Gasteiger charge is 2.16. The van der Waals surface area contributed by atoms with Gasteiger partial charge in [0.05, 0.1) is 12.7 Å². The Morgan fingerprint density at radius 3 is 2.33 bits per heavy atom. The van der Waals surface area contributed by atoms with Crippen molar-refractivity contribution in [2.45, 2.75) is 44.6 Å². The first kappa shape index (κ1) is 22.6. The second-order valence-electron chi connectivity index (χ2n) is 8.55. The third kappa shape index (κ3) is 5.43. The SMILES string of the molecule is COc1ccc(-c2cccc(C(=O)O)c2)cc1CNC(=O)c1ccc(C2CCCCC2)cc1. The maximum atomic E-state index is 12.8. The van der Waals surface area contributed by atoms with E-state index in [1.807, 2.05) is 36.4 Å². The number of carboxylic acid groups (broad SMARTS) is 1. The summed E-state index contributed by atoms with van der Waals surface area (Å²) in [5.41, 5.74) is 4.67. The van der Waals surface area contributed by atoms with Gasteiger partial charge in [-0.1, -0.05) is 49.6 Å². The first-order chi connectivity index (χ1) is 16.0. The Bertz CT molecular complexity index is 1130. The van der Waals surface area contributed by atoms with Crippen LogP contribution in [-0.4, -0.2) is 24.1 Å². The van der Waals surface area contributed by atoms with E-state index in [9.17, 15) is 14.7 Å². The van der Waals surface area contributed by atoms with Crippen LogP contribution in [0.15, 0.2) is 66.7 Å². The van der Waals surface area contributed by atoms with Crippen molar-refractivity contribution in [2.75, 3.05) is 7.11 Å². The van der Waals surface area contributed by atoms with E-state index < -0.39 is 5.97 Å². The molecule has 3 aromatic carbocycles. The lowest BCUT2D eigenvalue weighted by atomic mass is 9.84. The van der Waals surface area contributed by atoms with Gasteiger partial charge in [0.1, 0.15) is 5.75 Å². The molecule has 1 saturated carbocycles. The van der Waals surface area contributed by atoms with Crippen molar-refractivity contribution in [1.82, 2.24) is 5.32 Å². The lowest BCUT2D eigenvalue weighted by Gasteiger charge is -2.22. The number of amides is 1. The first-order valence-electron chi connectivity index (χ1n) is 11.4. The zero-order chi connectivity index (χ0) is 23.2. The van der Waals surface area contributed by atoms with Crippen molar-refractivity contribution < 1.29 is 19.4 Å². The molecule has 1 fully saturated rings. The number of rotatable bonds is 7. The predicted octanol–water partition coefficient (Wildman–Crippen LogP) is 6.04. The number of carbonyl (C=O) groups excluding carboxylic acids is 1. The van der Waals surface area contributed by atoms with E-state index in [0.717, 1.165) is 16.7 Å². The molecule has 5 heteroatoms. The molecule has 4 rings (SSSR count). The second-order valence-corrected chi connectivity index (χ2v) is 8.55. The number of carbonyl (C=O) groups is 2. The van der Waals surface area contributed by atoms with E-state index in [4.69, 9.17) is 4.74 Å². The molecule has 3 aromatic rings. The predicted molar refractivity (Wildman–Crippen MR) is 129 cm³/mol. The molecule has 0 unspecified atom stereocenters. The van der Waals surface area contributed by atoms with E-state index >= 15 is 0 Å². The van der Waals surface area contributed by atoms with Gasteiger partial charge >= 0.3 is 5.97 Å².